The SMILES string of the molecule is Cc1ccc(NC(=O)CSc2nc(=O)n3cc(Cl)ccc3n2)cc1. The monoisotopic (exact) mass is 360 g/mol. The molecule has 6 nitrogen and oxygen atoms in total. The van der Waals surface area contributed by atoms with E-state index in [1.54, 1.807) is 12.1 Å². The Bertz CT molecular complexity index is 956. The molecule has 1 aromatic carbocycles. The van der Waals surface area contributed by atoms with Gasteiger partial charge in [0.1, 0.15) is 5.65 Å². The molecule has 0 aliphatic rings. The van der Waals surface area contributed by atoms with Crippen LogP contribution >= 0.6 is 23.4 Å². The lowest BCUT2D eigenvalue weighted by Gasteiger charge is -2.05. The number of anilines is 1. The van der Waals surface area contributed by atoms with Gasteiger partial charge in [0.25, 0.3) is 0 Å². The smallest absolute Gasteiger partial charge is 0.325 e. The highest BCUT2D eigenvalue weighted by atomic mass is 35.5. The van der Waals surface area contributed by atoms with Gasteiger partial charge in [-0.2, -0.15) is 4.98 Å². The van der Waals surface area contributed by atoms with Crippen LogP contribution in [-0.4, -0.2) is 26.0 Å². The van der Waals surface area contributed by atoms with E-state index in [1.807, 2.05) is 31.2 Å². The van der Waals surface area contributed by atoms with Gasteiger partial charge in [0.2, 0.25) is 5.91 Å². The fraction of sp³-hybridized carbons (Fsp3) is 0.125. The number of rotatable bonds is 4. The number of benzene rings is 1. The molecule has 122 valence electrons. The van der Waals surface area contributed by atoms with E-state index in [-0.39, 0.29) is 16.8 Å². The summed E-state index contributed by atoms with van der Waals surface area (Å²) in [6.07, 6.45) is 1.46. The van der Waals surface area contributed by atoms with Gasteiger partial charge >= 0.3 is 5.69 Å². The fourth-order valence-corrected chi connectivity index (χ4v) is 2.79. The second kappa shape index (κ2) is 7.02. The van der Waals surface area contributed by atoms with E-state index in [0.717, 1.165) is 23.0 Å². The zero-order valence-corrected chi connectivity index (χ0v) is 14.3. The van der Waals surface area contributed by atoms with Crippen LogP contribution in [0.1, 0.15) is 5.56 Å². The second-order valence-electron chi connectivity index (χ2n) is 5.07. The van der Waals surface area contributed by atoms with Gasteiger partial charge in [-0.1, -0.05) is 41.1 Å². The highest BCUT2D eigenvalue weighted by Crippen LogP contribution is 2.15. The van der Waals surface area contributed by atoms with Crippen molar-refractivity contribution in [3.63, 3.8) is 0 Å². The Morgan fingerprint density at radius 1 is 1.21 bits per heavy atom. The number of hydrogen-bond acceptors (Lipinski definition) is 5. The molecule has 0 radical (unpaired) electrons. The summed E-state index contributed by atoms with van der Waals surface area (Å²) in [5.41, 5.74) is 1.79. The first kappa shape index (κ1) is 16.5. The number of fused-ring (bicyclic) bond motifs is 1. The van der Waals surface area contributed by atoms with Gasteiger partial charge in [0, 0.05) is 11.9 Å². The molecule has 1 N–H and O–H groups in total. The number of thioether (sulfide) groups is 1. The lowest BCUT2D eigenvalue weighted by molar-refractivity contribution is -0.113. The van der Waals surface area contributed by atoms with Crippen molar-refractivity contribution in [1.29, 1.82) is 0 Å². The van der Waals surface area contributed by atoms with Crippen molar-refractivity contribution in [2.24, 2.45) is 0 Å². The molecule has 0 saturated carbocycles. The maximum atomic E-state index is 12.0. The molecule has 2 heterocycles. The summed E-state index contributed by atoms with van der Waals surface area (Å²) in [4.78, 5) is 32.0. The van der Waals surface area contributed by atoms with Crippen LogP contribution in [0.25, 0.3) is 5.65 Å². The highest BCUT2D eigenvalue weighted by Gasteiger charge is 2.08. The molecule has 0 bridgehead atoms. The Morgan fingerprint density at radius 2 is 1.96 bits per heavy atom. The summed E-state index contributed by atoms with van der Waals surface area (Å²) in [5, 5.41) is 3.46. The minimum atomic E-state index is -0.482. The molecule has 0 aliphatic carbocycles. The Hall–Kier alpha value is -2.38. The Morgan fingerprint density at radius 3 is 2.71 bits per heavy atom. The van der Waals surface area contributed by atoms with Gasteiger partial charge < -0.3 is 5.32 Å². The summed E-state index contributed by atoms with van der Waals surface area (Å²) in [5.74, 6) is -0.0828. The second-order valence-corrected chi connectivity index (χ2v) is 6.45. The third-order valence-corrected chi connectivity index (χ3v) is 4.24. The predicted octanol–water partition coefficient (Wildman–Crippen LogP) is 2.78. The number of halogens is 1. The number of pyridine rings is 1. The molecule has 0 saturated heterocycles. The van der Waals surface area contributed by atoms with Crippen LogP contribution < -0.4 is 11.0 Å². The summed E-state index contributed by atoms with van der Waals surface area (Å²) in [6, 6.07) is 10.8. The van der Waals surface area contributed by atoms with Crippen LogP contribution in [0.3, 0.4) is 0 Å². The summed E-state index contributed by atoms with van der Waals surface area (Å²) in [6.45, 7) is 1.98. The maximum absolute atomic E-state index is 12.0. The number of nitrogens with zero attached hydrogens (tertiary/aromatic N) is 3. The first-order chi connectivity index (χ1) is 11.5. The molecule has 24 heavy (non-hydrogen) atoms. The van der Waals surface area contributed by atoms with Crippen molar-refractivity contribution in [2.45, 2.75) is 12.1 Å². The van der Waals surface area contributed by atoms with Crippen molar-refractivity contribution in [2.75, 3.05) is 11.1 Å². The molecule has 8 heteroatoms. The number of carbonyl (C=O) groups excluding carboxylic acids is 1. The zero-order chi connectivity index (χ0) is 17.1. The van der Waals surface area contributed by atoms with Crippen molar-refractivity contribution in [3.8, 4) is 0 Å². The Balaban J connectivity index is 1.69. The molecule has 3 rings (SSSR count). The zero-order valence-electron chi connectivity index (χ0n) is 12.7. The van der Waals surface area contributed by atoms with E-state index in [9.17, 15) is 9.59 Å². The summed E-state index contributed by atoms with van der Waals surface area (Å²) >= 11 is 6.95. The minimum absolute atomic E-state index is 0.108. The van der Waals surface area contributed by atoms with E-state index in [4.69, 9.17) is 11.6 Å². The molecule has 0 fully saturated rings. The molecule has 0 spiro atoms. The number of amides is 1. The molecule has 0 atom stereocenters. The van der Waals surface area contributed by atoms with Crippen LogP contribution in [0.4, 0.5) is 5.69 Å². The summed E-state index contributed by atoms with van der Waals surface area (Å²) < 4.78 is 1.26. The Labute approximate surface area is 146 Å². The normalized spacial score (nSPS) is 10.8. The number of nitrogens with one attached hydrogen (secondary N) is 1. The van der Waals surface area contributed by atoms with Crippen LogP contribution in [-0.2, 0) is 4.79 Å². The quantitative estimate of drug-likeness (QED) is 0.724. The van der Waals surface area contributed by atoms with Gasteiger partial charge in [0.05, 0.1) is 10.8 Å². The number of hydrogen-bond donors (Lipinski definition) is 1. The maximum Gasteiger partial charge on any atom is 0.355 e. The molecule has 0 unspecified atom stereocenters. The van der Waals surface area contributed by atoms with E-state index in [2.05, 4.69) is 15.3 Å². The largest absolute Gasteiger partial charge is 0.355 e. The van der Waals surface area contributed by atoms with Crippen LogP contribution in [0.5, 0.6) is 0 Å². The lowest BCUT2D eigenvalue weighted by atomic mass is 10.2. The first-order valence-electron chi connectivity index (χ1n) is 7.06. The van der Waals surface area contributed by atoms with E-state index < -0.39 is 5.69 Å². The average molecular weight is 361 g/mol. The molecule has 1 amide bonds. The molecule has 3 aromatic rings. The fourth-order valence-electron chi connectivity index (χ4n) is 2.00. The van der Waals surface area contributed by atoms with Crippen molar-refractivity contribution in [3.05, 3.63) is 63.7 Å². The third-order valence-electron chi connectivity index (χ3n) is 3.17. The van der Waals surface area contributed by atoms with Crippen molar-refractivity contribution in [1.82, 2.24) is 14.4 Å². The van der Waals surface area contributed by atoms with Crippen LogP contribution in [0, 0.1) is 6.92 Å². The lowest BCUT2D eigenvalue weighted by Crippen LogP contribution is -2.20. The van der Waals surface area contributed by atoms with Crippen molar-refractivity contribution >= 4 is 40.6 Å². The minimum Gasteiger partial charge on any atom is -0.325 e. The van der Waals surface area contributed by atoms with E-state index in [1.165, 1.54) is 10.6 Å². The molecule has 2 aromatic heterocycles. The Kier molecular flexibility index (Phi) is 4.82. The molecular formula is C16H13ClN4O2S. The number of aromatic nitrogens is 3. The standard InChI is InChI=1S/C16H13ClN4O2S/c1-10-2-5-12(6-3-10)18-14(22)9-24-15-19-13-7-4-11(17)8-21(13)16(23)20-15/h2-8H,9H2,1H3,(H,18,22). The average Bonchev–Trinajstić information content (AvgIpc) is 2.56. The third kappa shape index (κ3) is 3.93. The molecular weight excluding hydrogens is 348 g/mol. The van der Waals surface area contributed by atoms with Crippen LogP contribution in [0.15, 0.2) is 52.5 Å². The van der Waals surface area contributed by atoms with E-state index in [0.29, 0.717) is 10.7 Å². The van der Waals surface area contributed by atoms with Gasteiger partial charge in [-0.3, -0.25) is 4.79 Å². The van der Waals surface area contributed by atoms with Crippen LogP contribution in [0.2, 0.25) is 5.02 Å². The first-order valence-corrected chi connectivity index (χ1v) is 8.43. The van der Waals surface area contributed by atoms with Gasteiger partial charge in [0.15, 0.2) is 5.16 Å². The predicted molar refractivity (Wildman–Crippen MR) is 94.8 cm³/mol. The summed E-state index contributed by atoms with van der Waals surface area (Å²) in [7, 11) is 0. The van der Waals surface area contributed by atoms with Gasteiger partial charge in [-0.15, -0.1) is 0 Å². The molecule has 0 aliphatic heterocycles. The highest BCUT2D eigenvalue weighted by molar-refractivity contribution is 7.99. The number of aryl methyl sites for hydroxylation is 1. The number of carbonyl (C=O) groups is 1. The van der Waals surface area contributed by atoms with Gasteiger partial charge in [-0.25, -0.2) is 14.2 Å². The van der Waals surface area contributed by atoms with Crippen molar-refractivity contribution < 1.29 is 4.79 Å². The van der Waals surface area contributed by atoms with E-state index >= 15 is 0 Å². The topological polar surface area (TPSA) is 76.4 Å². The van der Waals surface area contributed by atoms with Gasteiger partial charge in [-0.05, 0) is 31.2 Å².